The van der Waals surface area contributed by atoms with E-state index in [1.54, 1.807) is 0 Å². The molecule has 3 aromatic heterocycles. The quantitative estimate of drug-likeness (QED) is 0.199. The molecule has 234 valence electrons. The van der Waals surface area contributed by atoms with Crippen LogP contribution < -0.4 is 0 Å². The number of benzene rings is 4. The first-order valence-electron chi connectivity index (χ1n) is 16.2. The summed E-state index contributed by atoms with van der Waals surface area (Å²) in [5, 5.41) is 0. The summed E-state index contributed by atoms with van der Waals surface area (Å²) in [6.07, 6.45) is 8.54. The fourth-order valence-electron chi connectivity index (χ4n) is 6.84. The van der Waals surface area contributed by atoms with Crippen molar-refractivity contribution in [2.45, 2.75) is 0 Å². The maximum absolute atomic E-state index is 5.35. The molecule has 8 bridgehead atoms. The maximum Gasteiger partial charge on any atom is 0.0737 e. The van der Waals surface area contributed by atoms with Crippen LogP contribution in [-0.4, -0.2) is 19.9 Å². The van der Waals surface area contributed by atoms with Gasteiger partial charge in [-0.2, -0.15) is 0 Å². The summed E-state index contributed by atoms with van der Waals surface area (Å²) < 4.78 is 0. The Balaban J connectivity index is 0.00000348. The molecule has 0 saturated heterocycles. The van der Waals surface area contributed by atoms with Crippen LogP contribution in [0, 0.1) is 0 Å². The molecule has 0 unspecified atom stereocenters. The number of nitrogens with zero attached hydrogens (tertiary/aromatic N) is 2. The number of hydrogen-bond acceptors (Lipinski definition) is 2. The molecule has 5 heterocycles. The smallest absolute Gasteiger partial charge is 0.0737 e. The van der Waals surface area contributed by atoms with E-state index in [0.717, 1.165) is 89.4 Å². The third kappa shape index (κ3) is 5.48. The highest BCUT2D eigenvalue weighted by Gasteiger charge is 2.18. The minimum Gasteiger partial charge on any atom is -0.354 e. The molecule has 0 fully saturated rings. The van der Waals surface area contributed by atoms with E-state index in [4.69, 9.17) is 9.97 Å². The Morgan fingerprint density at radius 3 is 0.735 bits per heavy atom. The van der Waals surface area contributed by atoms with E-state index >= 15 is 0 Å². The van der Waals surface area contributed by atoms with Gasteiger partial charge < -0.3 is 9.97 Å². The Bertz CT molecular complexity index is 2180. The minimum absolute atomic E-state index is 0. The predicted octanol–water partition coefficient (Wildman–Crippen LogP) is 11.7. The van der Waals surface area contributed by atoms with Crippen molar-refractivity contribution in [3.63, 3.8) is 0 Å². The van der Waals surface area contributed by atoms with E-state index < -0.39 is 0 Å². The van der Waals surface area contributed by atoms with E-state index in [2.05, 4.69) is 156 Å². The van der Waals surface area contributed by atoms with Gasteiger partial charge in [-0.15, -0.1) is 12.4 Å². The Morgan fingerprint density at radius 2 is 0.510 bits per heavy atom. The molecule has 0 radical (unpaired) electrons. The minimum atomic E-state index is 0. The van der Waals surface area contributed by atoms with Crippen molar-refractivity contribution in [3.8, 4) is 44.5 Å². The van der Waals surface area contributed by atoms with Crippen molar-refractivity contribution < 1.29 is 0 Å². The number of aromatic amines is 2. The Kier molecular flexibility index (Phi) is 7.84. The van der Waals surface area contributed by atoms with Crippen molar-refractivity contribution in [1.82, 2.24) is 19.9 Å². The van der Waals surface area contributed by atoms with Crippen LogP contribution in [0.25, 0.3) is 90.9 Å². The van der Waals surface area contributed by atoms with E-state index in [9.17, 15) is 0 Å². The van der Waals surface area contributed by atoms with Gasteiger partial charge in [0.25, 0.3) is 0 Å². The lowest BCUT2D eigenvalue weighted by molar-refractivity contribution is 1.31. The summed E-state index contributed by atoms with van der Waals surface area (Å²) in [5.74, 6) is 0. The first-order chi connectivity index (χ1) is 23.8. The highest BCUT2D eigenvalue weighted by atomic mass is 35.5. The van der Waals surface area contributed by atoms with Crippen LogP contribution >= 0.6 is 12.4 Å². The first kappa shape index (κ1) is 30.1. The van der Waals surface area contributed by atoms with Crippen molar-refractivity contribution >= 4 is 58.8 Å². The van der Waals surface area contributed by atoms with Crippen LogP contribution in [0.4, 0.5) is 0 Å². The summed E-state index contributed by atoms with van der Waals surface area (Å²) in [4.78, 5) is 18.3. The van der Waals surface area contributed by atoms with Gasteiger partial charge in [-0.05, 0) is 70.8 Å². The third-order valence-electron chi connectivity index (χ3n) is 9.00. The van der Waals surface area contributed by atoms with Gasteiger partial charge in [-0.1, -0.05) is 121 Å². The summed E-state index contributed by atoms with van der Waals surface area (Å²) in [7, 11) is 0. The Labute approximate surface area is 290 Å². The topological polar surface area (TPSA) is 57.4 Å². The summed E-state index contributed by atoms with van der Waals surface area (Å²) >= 11 is 0. The largest absolute Gasteiger partial charge is 0.354 e. The molecule has 7 aromatic rings. The molecule has 0 amide bonds. The number of H-pyrrole nitrogens is 2. The molecule has 2 N–H and O–H groups in total. The van der Waals surface area contributed by atoms with Crippen LogP contribution in [0.2, 0.25) is 0 Å². The summed E-state index contributed by atoms with van der Waals surface area (Å²) in [6.45, 7) is 0. The van der Waals surface area contributed by atoms with Crippen LogP contribution in [0.5, 0.6) is 0 Å². The molecule has 2 aliphatic rings. The van der Waals surface area contributed by atoms with Crippen molar-refractivity contribution in [2.24, 2.45) is 0 Å². The second kappa shape index (κ2) is 12.8. The molecule has 0 aliphatic carbocycles. The van der Waals surface area contributed by atoms with E-state index in [1.807, 2.05) is 24.3 Å². The second-order valence-corrected chi connectivity index (χ2v) is 12.0. The molecule has 0 saturated carbocycles. The molecule has 0 spiro atoms. The number of aromatic nitrogens is 4. The number of rotatable bonds is 4. The molecule has 9 rings (SSSR count). The summed E-state index contributed by atoms with van der Waals surface area (Å²) in [5.41, 5.74) is 16.2. The van der Waals surface area contributed by atoms with Gasteiger partial charge in [0.1, 0.15) is 0 Å². The lowest BCUT2D eigenvalue weighted by Gasteiger charge is -2.07. The van der Waals surface area contributed by atoms with Gasteiger partial charge in [0.05, 0.1) is 22.8 Å². The van der Waals surface area contributed by atoms with Gasteiger partial charge >= 0.3 is 0 Å². The molecule has 4 aromatic carbocycles. The van der Waals surface area contributed by atoms with Gasteiger partial charge in [-0.25, -0.2) is 9.97 Å². The Morgan fingerprint density at radius 1 is 0.286 bits per heavy atom. The zero-order chi connectivity index (χ0) is 31.9. The first-order valence-corrected chi connectivity index (χ1v) is 16.2. The lowest BCUT2D eigenvalue weighted by atomic mass is 10.0. The van der Waals surface area contributed by atoms with Gasteiger partial charge in [0.2, 0.25) is 0 Å². The monoisotopic (exact) mass is 650 g/mol. The molecule has 5 heteroatoms. The van der Waals surface area contributed by atoms with E-state index in [-0.39, 0.29) is 12.4 Å². The zero-order valence-corrected chi connectivity index (χ0v) is 27.3. The van der Waals surface area contributed by atoms with Crippen LogP contribution in [0.3, 0.4) is 0 Å². The Hall–Kier alpha value is -6.23. The number of fused-ring (bicyclic) bond motifs is 8. The zero-order valence-electron chi connectivity index (χ0n) is 26.5. The van der Waals surface area contributed by atoms with E-state index in [0.29, 0.717) is 0 Å². The van der Waals surface area contributed by atoms with E-state index in [1.165, 1.54) is 0 Å². The molecular formula is C44H31ClN4. The predicted molar refractivity (Wildman–Crippen MR) is 208 cm³/mol. The number of hydrogen-bond donors (Lipinski definition) is 2. The normalized spacial score (nSPS) is 11.8. The van der Waals surface area contributed by atoms with Gasteiger partial charge in [0, 0.05) is 44.3 Å². The standard InChI is InChI=1S/C44H30N4.ClH/c1-5-13-29(14-6-1)41-33-21-23-35(45-33)42(30-15-7-2-8-16-30)37-25-27-39(47-37)44(32-19-11-4-12-20-32)40-28-26-38(48-40)43(31-17-9-3-10-18-31)36-24-22-34(41)46-36;/h1-28,45,48H;1H. The fourth-order valence-corrected chi connectivity index (χ4v) is 6.84. The third-order valence-corrected chi connectivity index (χ3v) is 9.00. The maximum atomic E-state index is 5.35. The molecule has 49 heavy (non-hydrogen) atoms. The van der Waals surface area contributed by atoms with Crippen LogP contribution in [0.1, 0.15) is 22.8 Å². The number of nitrogens with one attached hydrogen (secondary N) is 2. The number of halogens is 1. The highest BCUT2D eigenvalue weighted by Crippen LogP contribution is 2.38. The average molecular weight is 651 g/mol. The summed E-state index contributed by atoms with van der Waals surface area (Å²) in [6, 6.07) is 50.7. The molecular weight excluding hydrogens is 620 g/mol. The van der Waals surface area contributed by atoms with Crippen molar-refractivity contribution in [3.05, 3.63) is 168 Å². The van der Waals surface area contributed by atoms with Gasteiger partial charge in [-0.3, -0.25) is 0 Å². The average Bonchev–Trinajstić information content (AvgIpc) is 3.98. The van der Waals surface area contributed by atoms with Crippen molar-refractivity contribution in [2.75, 3.05) is 0 Å². The van der Waals surface area contributed by atoms with Crippen molar-refractivity contribution in [1.29, 1.82) is 0 Å². The molecule has 0 atom stereocenters. The second-order valence-electron chi connectivity index (χ2n) is 12.0. The molecule has 2 aliphatic heterocycles. The van der Waals surface area contributed by atoms with Gasteiger partial charge in [0.15, 0.2) is 0 Å². The van der Waals surface area contributed by atoms with Crippen LogP contribution in [-0.2, 0) is 0 Å². The SMILES string of the molecule is C1=Cc2nc1c(-c1ccccc1)c1ccc([nH]1)c(-c1ccccc1)c1nc(c(-c3ccccc3)c3ccc([nH]3)c2-c2ccccc2)C=C1.Cl. The highest BCUT2D eigenvalue weighted by molar-refractivity contribution is 5.99. The molecule has 4 nitrogen and oxygen atoms in total. The lowest BCUT2D eigenvalue weighted by Crippen LogP contribution is -1.89. The fraction of sp³-hybridized carbons (Fsp3) is 0. The van der Waals surface area contributed by atoms with Crippen LogP contribution in [0.15, 0.2) is 146 Å².